The third kappa shape index (κ3) is 4.11. The largest absolute Gasteiger partial charge is 0.325 e. The van der Waals surface area contributed by atoms with Gasteiger partial charge in [-0.05, 0) is 5.56 Å². The van der Waals surface area contributed by atoms with E-state index in [9.17, 15) is 0 Å². The van der Waals surface area contributed by atoms with E-state index in [1.54, 1.807) is 11.3 Å². The predicted octanol–water partition coefficient (Wildman–Crippen LogP) is 1.92. The number of rotatable bonds is 5. The molecule has 0 unspecified atom stereocenters. The number of benzene rings is 1. The van der Waals surface area contributed by atoms with Gasteiger partial charge in [0.05, 0.1) is 5.69 Å². The summed E-state index contributed by atoms with van der Waals surface area (Å²) in [5, 5.41) is 3.17. The molecule has 0 atom stereocenters. The first-order valence-electron chi connectivity index (χ1n) is 7.45. The first kappa shape index (κ1) is 14.7. The molecule has 1 fully saturated rings. The van der Waals surface area contributed by atoms with Crippen LogP contribution in [0.4, 0.5) is 0 Å². The van der Waals surface area contributed by atoms with E-state index < -0.39 is 0 Å². The highest BCUT2D eigenvalue weighted by molar-refractivity contribution is 7.09. The van der Waals surface area contributed by atoms with E-state index in [2.05, 4.69) is 50.5 Å². The Balaban J connectivity index is 1.46. The summed E-state index contributed by atoms with van der Waals surface area (Å²) in [6.07, 6.45) is 0. The molecule has 2 aromatic rings. The monoisotopic (exact) mass is 302 g/mol. The molecule has 4 nitrogen and oxygen atoms in total. The van der Waals surface area contributed by atoms with Crippen LogP contribution >= 0.6 is 11.3 Å². The first-order chi connectivity index (χ1) is 10.3. The molecule has 1 aromatic heterocycles. The molecule has 112 valence electrons. The van der Waals surface area contributed by atoms with Crippen molar-refractivity contribution in [2.75, 3.05) is 26.2 Å². The molecular formula is C16H22N4S. The number of nitrogens with two attached hydrogens (primary N) is 1. The fourth-order valence-electron chi connectivity index (χ4n) is 2.69. The normalized spacial score (nSPS) is 17.2. The third-order valence-electron chi connectivity index (χ3n) is 3.87. The smallest absolute Gasteiger partial charge is 0.106 e. The van der Waals surface area contributed by atoms with Crippen molar-refractivity contribution in [1.82, 2.24) is 14.8 Å². The highest BCUT2D eigenvalue weighted by Crippen LogP contribution is 2.14. The lowest BCUT2D eigenvalue weighted by molar-refractivity contribution is 0.121. The zero-order chi connectivity index (χ0) is 14.5. The van der Waals surface area contributed by atoms with Gasteiger partial charge in [-0.15, -0.1) is 11.3 Å². The highest BCUT2D eigenvalue weighted by Gasteiger charge is 2.17. The van der Waals surface area contributed by atoms with E-state index in [0.717, 1.165) is 50.0 Å². The van der Waals surface area contributed by atoms with E-state index in [-0.39, 0.29) is 0 Å². The van der Waals surface area contributed by atoms with Crippen LogP contribution in [-0.4, -0.2) is 41.0 Å². The standard InChI is InChI=1S/C16H22N4S/c17-10-16-18-15(13-21-16)12-20-8-6-19(7-9-20)11-14-4-2-1-3-5-14/h1-5,13H,6-12,17H2. The van der Waals surface area contributed by atoms with Crippen LogP contribution in [-0.2, 0) is 19.6 Å². The Bertz CT molecular complexity index is 546. The van der Waals surface area contributed by atoms with E-state index in [1.165, 1.54) is 5.56 Å². The summed E-state index contributed by atoms with van der Waals surface area (Å²) < 4.78 is 0. The van der Waals surface area contributed by atoms with Gasteiger partial charge in [0.15, 0.2) is 0 Å². The molecule has 1 aliphatic rings. The van der Waals surface area contributed by atoms with Crippen LogP contribution in [0.1, 0.15) is 16.3 Å². The van der Waals surface area contributed by atoms with Crippen molar-refractivity contribution >= 4 is 11.3 Å². The number of aromatic nitrogens is 1. The van der Waals surface area contributed by atoms with Crippen LogP contribution in [0.15, 0.2) is 35.7 Å². The minimum absolute atomic E-state index is 0.551. The molecule has 21 heavy (non-hydrogen) atoms. The zero-order valence-electron chi connectivity index (χ0n) is 12.2. The summed E-state index contributed by atoms with van der Waals surface area (Å²) in [4.78, 5) is 9.56. The Kier molecular flexibility index (Phi) is 4.98. The molecule has 0 bridgehead atoms. The molecule has 5 heteroatoms. The van der Waals surface area contributed by atoms with Crippen molar-refractivity contribution in [2.24, 2.45) is 5.73 Å². The van der Waals surface area contributed by atoms with Crippen molar-refractivity contribution < 1.29 is 0 Å². The van der Waals surface area contributed by atoms with Crippen molar-refractivity contribution in [1.29, 1.82) is 0 Å². The summed E-state index contributed by atoms with van der Waals surface area (Å²) in [6.45, 7) is 7.05. The molecule has 1 aromatic carbocycles. The fourth-order valence-corrected chi connectivity index (χ4v) is 3.36. The number of hydrogen-bond acceptors (Lipinski definition) is 5. The van der Waals surface area contributed by atoms with Crippen molar-refractivity contribution in [3.8, 4) is 0 Å². The molecule has 3 rings (SSSR count). The predicted molar refractivity (Wildman–Crippen MR) is 87.0 cm³/mol. The summed E-state index contributed by atoms with van der Waals surface area (Å²) in [6, 6.07) is 10.7. The van der Waals surface area contributed by atoms with E-state index >= 15 is 0 Å². The molecular weight excluding hydrogens is 280 g/mol. The van der Waals surface area contributed by atoms with Gasteiger partial charge in [0.2, 0.25) is 0 Å². The third-order valence-corrected chi connectivity index (χ3v) is 4.79. The van der Waals surface area contributed by atoms with Crippen LogP contribution in [0, 0.1) is 0 Å². The number of thiazole rings is 1. The molecule has 0 saturated carbocycles. The highest BCUT2D eigenvalue weighted by atomic mass is 32.1. The Morgan fingerprint density at radius 3 is 2.29 bits per heavy atom. The Labute approximate surface area is 130 Å². The maximum atomic E-state index is 5.62. The SMILES string of the molecule is NCc1nc(CN2CCN(Cc3ccccc3)CC2)cs1. The molecule has 0 amide bonds. The van der Waals surface area contributed by atoms with Crippen LogP contribution in [0.2, 0.25) is 0 Å². The summed E-state index contributed by atoms with van der Waals surface area (Å²) in [5.74, 6) is 0. The lowest BCUT2D eigenvalue weighted by Gasteiger charge is -2.34. The quantitative estimate of drug-likeness (QED) is 0.916. The van der Waals surface area contributed by atoms with Crippen LogP contribution in [0.5, 0.6) is 0 Å². The lowest BCUT2D eigenvalue weighted by atomic mass is 10.2. The number of piperazine rings is 1. The van der Waals surface area contributed by atoms with Gasteiger partial charge in [0.1, 0.15) is 5.01 Å². The Hall–Kier alpha value is -1.27. The van der Waals surface area contributed by atoms with E-state index in [1.807, 2.05) is 0 Å². The van der Waals surface area contributed by atoms with Crippen LogP contribution in [0.25, 0.3) is 0 Å². The van der Waals surface area contributed by atoms with Gasteiger partial charge < -0.3 is 5.73 Å². The van der Waals surface area contributed by atoms with Gasteiger partial charge in [0, 0.05) is 51.2 Å². The number of hydrogen-bond donors (Lipinski definition) is 1. The van der Waals surface area contributed by atoms with Gasteiger partial charge in [-0.2, -0.15) is 0 Å². The van der Waals surface area contributed by atoms with Gasteiger partial charge in [0.25, 0.3) is 0 Å². The van der Waals surface area contributed by atoms with E-state index in [4.69, 9.17) is 5.73 Å². The van der Waals surface area contributed by atoms with Crippen LogP contribution in [0.3, 0.4) is 0 Å². The molecule has 0 spiro atoms. The molecule has 1 saturated heterocycles. The van der Waals surface area contributed by atoms with Gasteiger partial charge in [-0.3, -0.25) is 9.80 Å². The van der Waals surface area contributed by atoms with Gasteiger partial charge in [-0.1, -0.05) is 30.3 Å². The fraction of sp³-hybridized carbons (Fsp3) is 0.438. The minimum atomic E-state index is 0.551. The van der Waals surface area contributed by atoms with Crippen molar-refractivity contribution in [2.45, 2.75) is 19.6 Å². The second-order valence-corrected chi connectivity index (χ2v) is 6.42. The molecule has 0 aliphatic carbocycles. The Morgan fingerprint density at radius 1 is 1.00 bits per heavy atom. The summed E-state index contributed by atoms with van der Waals surface area (Å²) in [5.41, 5.74) is 8.18. The van der Waals surface area contributed by atoms with Crippen LogP contribution < -0.4 is 5.73 Å². The first-order valence-corrected chi connectivity index (χ1v) is 8.33. The van der Waals surface area contributed by atoms with Crippen molar-refractivity contribution in [3.63, 3.8) is 0 Å². The lowest BCUT2D eigenvalue weighted by Crippen LogP contribution is -2.45. The molecule has 0 radical (unpaired) electrons. The zero-order valence-corrected chi connectivity index (χ0v) is 13.1. The minimum Gasteiger partial charge on any atom is -0.325 e. The number of nitrogens with zero attached hydrogens (tertiary/aromatic N) is 3. The maximum absolute atomic E-state index is 5.62. The second kappa shape index (κ2) is 7.13. The molecule has 2 N–H and O–H groups in total. The second-order valence-electron chi connectivity index (χ2n) is 5.47. The summed E-state index contributed by atoms with van der Waals surface area (Å²) >= 11 is 1.67. The molecule has 1 aliphatic heterocycles. The van der Waals surface area contributed by atoms with Crippen molar-refractivity contribution in [3.05, 3.63) is 52.0 Å². The van der Waals surface area contributed by atoms with Gasteiger partial charge in [-0.25, -0.2) is 4.98 Å². The Morgan fingerprint density at radius 2 is 1.67 bits per heavy atom. The topological polar surface area (TPSA) is 45.4 Å². The van der Waals surface area contributed by atoms with E-state index in [0.29, 0.717) is 6.54 Å². The maximum Gasteiger partial charge on any atom is 0.106 e. The molecule has 2 heterocycles. The average molecular weight is 302 g/mol. The van der Waals surface area contributed by atoms with Gasteiger partial charge >= 0.3 is 0 Å². The summed E-state index contributed by atoms with van der Waals surface area (Å²) in [7, 11) is 0. The average Bonchev–Trinajstić information content (AvgIpc) is 2.98.